The van der Waals surface area contributed by atoms with Crippen molar-refractivity contribution in [3.63, 3.8) is 0 Å². The monoisotopic (exact) mass is 272 g/mol. The average Bonchev–Trinajstić information content (AvgIpc) is 2.18. The molecule has 0 saturated heterocycles. The van der Waals surface area contributed by atoms with Crippen LogP contribution in [0.15, 0.2) is 28.7 Å². The third-order valence-corrected chi connectivity index (χ3v) is 3.32. The van der Waals surface area contributed by atoms with Gasteiger partial charge in [-0.15, -0.1) is 0 Å². The molecule has 0 aromatic heterocycles. The van der Waals surface area contributed by atoms with E-state index in [1.807, 2.05) is 30.5 Å². The lowest BCUT2D eigenvalue weighted by molar-refractivity contribution is -0.118. The van der Waals surface area contributed by atoms with Crippen molar-refractivity contribution in [3.05, 3.63) is 34.3 Å². The number of benzene rings is 1. The number of hydrogen-bond acceptors (Lipinski definition) is 2. The fraction of sp³-hybridized carbons (Fsp3) is 0.364. The second-order valence-corrected chi connectivity index (χ2v) is 4.89. The minimum atomic E-state index is 0.311. The Morgan fingerprint density at radius 2 is 2.14 bits per heavy atom. The van der Waals surface area contributed by atoms with E-state index in [0.29, 0.717) is 18.6 Å². The highest BCUT2D eigenvalue weighted by molar-refractivity contribution is 9.10. The van der Waals surface area contributed by atoms with Crippen LogP contribution < -0.4 is 0 Å². The number of rotatable bonds is 5. The maximum absolute atomic E-state index is 11.5. The number of carbonyl (C=O) groups excluding carboxylic acids is 1. The molecule has 0 saturated carbocycles. The molecule has 0 aliphatic heterocycles. The summed E-state index contributed by atoms with van der Waals surface area (Å²) in [6.07, 6.45) is 3.23. The third kappa shape index (κ3) is 3.84. The first kappa shape index (κ1) is 11.8. The summed E-state index contributed by atoms with van der Waals surface area (Å²) in [5, 5.41) is 0. The molecule has 0 N–H and O–H groups in total. The quantitative estimate of drug-likeness (QED) is 0.818. The smallest absolute Gasteiger partial charge is 0.138 e. The van der Waals surface area contributed by atoms with Gasteiger partial charge < -0.3 is 0 Å². The Labute approximate surface area is 97.4 Å². The second kappa shape index (κ2) is 6.25. The van der Waals surface area contributed by atoms with Gasteiger partial charge in [0.25, 0.3) is 0 Å². The molecule has 0 unspecified atom stereocenters. The standard InChI is InChI=1S/C11H13BrOS/c1-14-7-6-10(13)8-9-4-2-3-5-11(9)12/h2-5H,6-8H2,1H3. The maximum Gasteiger partial charge on any atom is 0.138 e. The molecule has 0 amide bonds. The summed E-state index contributed by atoms with van der Waals surface area (Å²) in [6.45, 7) is 0. The van der Waals surface area contributed by atoms with Crippen molar-refractivity contribution in [1.82, 2.24) is 0 Å². The molecule has 0 radical (unpaired) electrons. The Balaban J connectivity index is 2.52. The summed E-state index contributed by atoms with van der Waals surface area (Å²) >= 11 is 5.15. The van der Waals surface area contributed by atoms with E-state index in [4.69, 9.17) is 0 Å². The summed E-state index contributed by atoms with van der Waals surface area (Å²) in [4.78, 5) is 11.5. The molecule has 1 aromatic carbocycles. The number of hydrogen-bond donors (Lipinski definition) is 0. The van der Waals surface area contributed by atoms with E-state index in [9.17, 15) is 4.79 Å². The average molecular weight is 273 g/mol. The van der Waals surface area contributed by atoms with E-state index in [1.165, 1.54) is 0 Å². The van der Waals surface area contributed by atoms with Gasteiger partial charge in [0, 0.05) is 17.3 Å². The van der Waals surface area contributed by atoms with E-state index in [1.54, 1.807) is 11.8 Å². The predicted molar refractivity (Wildman–Crippen MR) is 65.9 cm³/mol. The molecule has 76 valence electrons. The van der Waals surface area contributed by atoms with Crippen molar-refractivity contribution < 1.29 is 4.79 Å². The molecule has 0 fully saturated rings. The van der Waals surface area contributed by atoms with E-state index >= 15 is 0 Å². The minimum Gasteiger partial charge on any atom is -0.299 e. The lowest BCUT2D eigenvalue weighted by atomic mass is 10.1. The van der Waals surface area contributed by atoms with Crippen molar-refractivity contribution in [1.29, 1.82) is 0 Å². The largest absolute Gasteiger partial charge is 0.299 e. The van der Waals surface area contributed by atoms with Gasteiger partial charge >= 0.3 is 0 Å². The molecule has 1 rings (SSSR count). The van der Waals surface area contributed by atoms with Crippen LogP contribution in [0.2, 0.25) is 0 Å². The van der Waals surface area contributed by atoms with Gasteiger partial charge in [-0.2, -0.15) is 11.8 Å². The van der Waals surface area contributed by atoms with E-state index in [-0.39, 0.29) is 0 Å². The number of halogens is 1. The fourth-order valence-corrected chi connectivity index (χ4v) is 2.02. The van der Waals surface area contributed by atoms with Crippen LogP contribution in [0, 0.1) is 0 Å². The van der Waals surface area contributed by atoms with Gasteiger partial charge in [0.05, 0.1) is 0 Å². The van der Waals surface area contributed by atoms with E-state index in [2.05, 4.69) is 15.9 Å². The predicted octanol–water partition coefficient (Wildman–Crippen LogP) is 3.31. The van der Waals surface area contributed by atoms with Crippen molar-refractivity contribution in [2.24, 2.45) is 0 Å². The molecule has 14 heavy (non-hydrogen) atoms. The van der Waals surface area contributed by atoms with Crippen LogP contribution in [0.1, 0.15) is 12.0 Å². The minimum absolute atomic E-state index is 0.311. The van der Waals surface area contributed by atoms with Crippen molar-refractivity contribution in [3.8, 4) is 0 Å². The van der Waals surface area contributed by atoms with Crippen LogP contribution in [0.5, 0.6) is 0 Å². The highest BCUT2D eigenvalue weighted by Gasteiger charge is 2.05. The molecule has 0 atom stereocenters. The number of carbonyl (C=O) groups is 1. The van der Waals surface area contributed by atoms with E-state index < -0.39 is 0 Å². The lowest BCUT2D eigenvalue weighted by Gasteiger charge is -2.02. The van der Waals surface area contributed by atoms with Crippen LogP contribution in [-0.2, 0) is 11.2 Å². The molecule has 0 aliphatic rings. The Hall–Kier alpha value is -0.280. The first-order chi connectivity index (χ1) is 6.74. The molecule has 3 heteroatoms. The molecule has 0 heterocycles. The maximum atomic E-state index is 11.5. The van der Waals surface area contributed by atoms with Gasteiger partial charge in [0.1, 0.15) is 5.78 Å². The van der Waals surface area contributed by atoms with Crippen LogP contribution in [-0.4, -0.2) is 17.8 Å². The lowest BCUT2D eigenvalue weighted by Crippen LogP contribution is -2.04. The van der Waals surface area contributed by atoms with Gasteiger partial charge in [0.15, 0.2) is 0 Å². The SMILES string of the molecule is CSCCC(=O)Cc1ccccc1Br. The van der Waals surface area contributed by atoms with Gasteiger partial charge in [0.2, 0.25) is 0 Å². The van der Waals surface area contributed by atoms with Crippen LogP contribution in [0.3, 0.4) is 0 Å². The number of thioether (sulfide) groups is 1. The molecular formula is C11H13BrOS. The van der Waals surface area contributed by atoms with Crippen LogP contribution >= 0.6 is 27.7 Å². The summed E-state index contributed by atoms with van der Waals surface area (Å²) in [5.74, 6) is 1.23. The zero-order valence-electron chi connectivity index (χ0n) is 8.13. The topological polar surface area (TPSA) is 17.1 Å². The van der Waals surface area contributed by atoms with E-state index in [0.717, 1.165) is 15.8 Å². The summed E-state index contributed by atoms with van der Waals surface area (Å²) < 4.78 is 1.03. The first-order valence-corrected chi connectivity index (χ1v) is 6.66. The Morgan fingerprint density at radius 3 is 2.79 bits per heavy atom. The van der Waals surface area contributed by atoms with Crippen molar-refractivity contribution in [2.45, 2.75) is 12.8 Å². The van der Waals surface area contributed by atoms with Gasteiger partial charge in [-0.05, 0) is 23.6 Å². The summed E-state index contributed by atoms with van der Waals surface area (Å²) in [5.41, 5.74) is 1.08. The van der Waals surface area contributed by atoms with Crippen LogP contribution in [0.25, 0.3) is 0 Å². The second-order valence-electron chi connectivity index (χ2n) is 3.05. The van der Waals surface area contributed by atoms with Gasteiger partial charge in [-0.3, -0.25) is 4.79 Å². The van der Waals surface area contributed by atoms with Crippen molar-refractivity contribution >= 4 is 33.5 Å². The molecule has 1 aromatic rings. The molecule has 0 bridgehead atoms. The van der Waals surface area contributed by atoms with Crippen LogP contribution in [0.4, 0.5) is 0 Å². The number of ketones is 1. The molecule has 0 spiro atoms. The Kier molecular flexibility index (Phi) is 5.26. The summed E-state index contributed by atoms with van der Waals surface area (Å²) in [7, 11) is 0. The molecule has 0 aliphatic carbocycles. The molecular weight excluding hydrogens is 260 g/mol. The zero-order chi connectivity index (χ0) is 10.4. The van der Waals surface area contributed by atoms with Gasteiger partial charge in [-0.1, -0.05) is 34.1 Å². The normalized spacial score (nSPS) is 10.1. The Bertz CT molecular complexity index is 312. The van der Waals surface area contributed by atoms with Gasteiger partial charge in [-0.25, -0.2) is 0 Å². The summed E-state index contributed by atoms with van der Waals surface area (Å²) in [6, 6.07) is 7.88. The Morgan fingerprint density at radius 1 is 1.43 bits per heavy atom. The number of Topliss-reactive ketones (excluding diaryl/α,β-unsaturated/α-hetero) is 1. The van der Waals surface area contributed by atoms with Crippen molar-refractivity contribution in [2.75, 3.05) is 12.0 Å². The first-order valence-electron chi connectivity index (χ1n) is 4.48. The molecule has 1 nitrogen and oxygen atoms in total. The fourth-order valence-electron chi connectivity index (χ4n) is 1.16. The highest BCUT2D eigenvalue weighted by atomic mass is 79.9. The zero-order valence-corrected chi connectivity index (χ0v) is 10.5. The highest BCUT2D eigenvalue weighted by Crippen LogP contribution is 2.17. The third-order valence-electron chi connectivity index (χ3n) is 1.93.